The summed E-state index contributed by atoms with van der Waals surface area (Å²) in [5, 5.41) is 7.14. The van der Waals surface area contributed by atoms with Gasteiger partial charge in [-0.3, -0.25) is 0 Å². The first-order valence-electron chi connectivity index (χ1n) is 16.4. The van der Waals surface area contributed by atoms with Crippen molar-refractivity contribution < 1.29 is 0 Å². The van der Waals surface area contributed by atoms with Gasteiger partial charge < -0.3 is 25.5 Å². The lowest BCUT2D eigenvalue weighted by molar-refractivity contribution is 0.597. The molecule has 224 valence electrons. The quantitative estimate of drug-likeness (QED) is 0.156. The van der Waals surface area contributed by atoms with E-state index in [1.165, 1.54) is 46.3 Å². The largest absolute Gasteiger partial charge is 0.358 e. The molecule has 4 unspecified atom stereocenters. The summed E-state index contributed by atoms with van der Waals surface area (Å²) < 4.78 is 0. The molecule has 3 aromatic carbocycles. The molecule has 2 aromatic heterocycles. The Kier molecular flexibility index (Phi) is 7.07. The number of hydrogen-bond acceptors (Lipinski definition) is 5. The molecule has 0 spiro atoms. The minimum absolute atomic E-state index is 0.218. The highest BCUT2D eigenvalue weighted by atomic mass is 15.2. The second kappa shape index (κ2) is 11.4. The fourth-order valence-corrected chi connectivity index (χ4v) is 7.86. The van der Waals surface area contributed by atoms with Gasteiger partial charge in [-0.15, -0.1) is 0 Å². The first-order valence-corrected chi connectivity index (χ1v) is 16.4. The highest BCUT2D eigenvalue weighted by Crippen LogP contribution is 2.52. The number of aromatic amines is 2. The Hall–Kier alpha value is -4.20. The molecule has 4 atom stereocenters. The lowest BCUT2D eigenvalue weighted by atomic mass is 9.87. The van der Waals surface area contributed by atoms with E-state index >= 15 is 0 Å². The molecule has 0 saturated carbocycles. The molecule has 0 bridgehead atoms. The zero-order valence-corrected chi connectivity index (χ0v) is 25.6. The van der Waals surface area contributed by atoms with Crippen LogP contribution in [0.3, 0.4) is 0 Å². The van der Waals surface area contributed by atoms with Gasteiger partial charge in [-0.1, -0.05) is 61.5 Å². The first-order chi connectivity index (χ1) is 21.7. The van der Waals surface area contributed by atoms with E-state index in [4.69, 9.17) is 9.97 Å². The van der Waals surface area contributed by atoms with E-state index in [1.54, 1.807) is 0 Å². The average molecular weight is 584 g/mol. The molecular weight excluding hydrogens is 542 g/mol. The molecule has 3 aliphatic heterocycles. The predicted molar refractivity (Wildman–Crippen MR) is 177 cm³/mol. The molecule has 0 radical (unpaired) electrons. The van der Waals surface area contributed by atoms with Gasteiger partial charge in [-0.25, -0.2) is 9.97 Å². The number of aromatic nitrogens is 4. The highest BCUT2D eigenvalue weighted by molar-refractivity contribution is 5.81. The van der Waals surface area contributed by atoms with Crippen LogP contribution in [0.25, 0.3) is 33.6 Å². The van der Waals surface area contributed by atoms with Crippen molar-refractivity contribution in [2.75, 3.05) is 18.0 Å². The Morgan fingerprint density at radius 1 is 0.705 bits per heavy atom. The SMILES string of the molecule is CCC1c2c(-c3ccc(-c4cnc(C5CCCN5)[nH]4)cc3)ccc(-c3cnc(C4CCCN4)[nH]3)c2C(C)N1c1ccccc1. The fraction of sp³-hybridized carbons (Fsp3) is 0.351. The van der Waals surface area contributed by atoms with Crippen molar-refractivity contribution in [2.45, 2.75) is 70.1 Å². The van der Waals surface area contributed by atoms with Crippen molar-refractivity contribution in [3.8, 4) is 33.6 Å². The van der Waals surface area contributed by atoms with Crippen molar-refractivity contribution in [1.29, 1.82) is 0 Å². The molecule has 5 aromatic rings. The molecule has 0 amide bonds. The highest BCUT2D eigenvalue weighted by Gasteiger charge is 2.39. The van der Waals surface area contributed by atoms with Gasteiger partial charge in [0, 0.05) is 11.3 Å². The van der Waals surface area contributed by atoms with E-state index in [0.29, 0.717) is 12.1 Å². The third-order valence-corrected chi connectivity index (χ3v) is 10.0. The fourth-order valence-electron chi connectivity index (χ4n) is 7.86. The Balaban J connectivity index is 1.20. The number of imidazole rings is 2. The number of benzene rings is 3. The Morgan fingerprint density at radius 2 is 1.32 bits per heavy atom. The number of hydrogen-bond donors (Lipinski definition) is 4. The molecule has 2 fully saturated rings. The van der Waals surface area contributed by atoms with Crippen LogP contribution in [-0.2, 0) is 0 Å². The molecule has 0 aliphatic carbocycles. The van der Waals surface area contributed by atoms with Crippen LogP contribution in [0.15, 0.2) is 79.1 Å². The molecular formula is C37H41N7. The zero-order valence-electron chi connectivity index (χ0n) is 25.6. The molecule has 7 heteroatoms. The van der Waals surface area contributed by atoms with Crippen molar-refractivity contribution in [1.82, 2.24) is 30.6 Å². The second-order valence-electron chi connectivity index (χ2n) is 12.6. The van der Waals surface area contributed by atoms with Crippen LogP contribution in [0.4, 0.5) is 5.69 Å². The average Bonchev–Trinajstić information content (AvgIpc) is 3.90. The maximum Gasteiger partial charge on any atom is 0.123 e. The van der Waals surface area contributed by atoms with Gasteiger partial charge in [0.05, 0.1) is 47.9 Å². The van der Waals surface area contributed by atoms with Gasteiger partial charge in [0.15, 0.2) is 0 Å². The van der Waals surface area contributed by atoms with Crippen LogP contribution >= 0.6 is 0 Å². The topological polar surface area (TPSA) is 84.7 Å². The summed E-state index contributed by atoms with van der Waals surface area (Å²) in [4.78, 5) is 19.4. The lowest BCUT2D eigenvalue weighted by Crippen LogP contribution is -2.24. The summed E-state index contributed by atoms with van der Waals surface area (Å²) in [6, 6.07) is 25.7. The van der Waals surface area contributed by atoms with Gasteiger partial charge in [0.25, 0.3) is 0 Å². The smallest absolute Gasteiger partial charge is 0.123 e. The Morgan fingerprint density at radius 3 is 1.95 bits per heavy atom. The third kappa shape index (κ3) is 4.66. The number of rotatable bonds is 7. The number of nitrogens with zero attached hydrogens (tertiary/aromatic N) is 3. The third-order valence-electron chi connectivity index (χ3n) is 10.0. The van der Waals surface area contributed by atoms with Crippen molar-refractivity contribution in [3.63, 3.8) is 0 Å². The minimum Gasteiger partial charge on any atom is -0.358 e. The van der Waals surface area contributed by atoms with Gasteiger partial charge in [0.2, 0.25) is 0 Å². The predicted octanol–water partition coefficient (Wildman–Crippen LogP) is 8.02. The van der Waals surface area contributed by atoms with E-state index in [2.05, 4.69) is 106 Å². The van der Waals surface area contributed by atoms with Crippen LogP contribution in [0, 0.1) is 0 Å². The van der Waals surface area contributed by atoms with Gasteiger partial charge >= 0.3 is 0 Å². The summed E-state index contributed by atoms with van der Waals surface area (Å²) in [5.41, 5.74) is 11.3. The van der Waals surface area contributed by atoms with Crippen LogP contribution in [0.5, 0.6) is 0 Å². The van der Waals surface area contributed by atoms with E-state index in [1.807, 2.05) is 12.4 Å². The first kappa shape index (κ1) is 27.4. The summed E-state index contributed by atoms with van der Waals surface area (Å²) in [5.74, 6) is 2.09. The number of nitrogens with one attached hydrogen (secondary N) is 4. The van der Waals surface area contributed by atoms with E-state index < -0.39 is 0 Å². The maximum absolute atomic E-state index is 4.84. The molecule has 8 rings (SSSR count). The lowest BCUT2D eigenvalue weighted by Gasteiger charge is -2.31. The zero-order chi connectivity index (χ0) is 29.6. The molecule has 2 saturated heterocycles. The van der Waals surface area contributed by atoms with E-state index in [0.717, 1.165) is 61.0 Å². The Bertz CT molecular complexity index is 1740. The number of H-pyrrole nitrogens is 2. The molecule has 4 N–H and O–H groups in total. The number of anilines is 1. The van der Waals surface area contributed by atoms with Gasteiger partial charge in [-0.05, 0) is 92.1 Å². The van der Waals surface area contributed by atoms with Crippen LogP contribution < -0.4 is 15.5 Å². The molecule has 5 heterocycles. The van der Waals surface area contributed by atoms with Gasteiger partial charge in [-0.2, -0.15) is 0 Å². The molecule has 7 nitrogen and oxygen atoms in total. The molecule has 3 aliphatic rings. The van der Waals surface area contributed by atoms with Gasteiger partial charge in [0.1, 0.15) is 11.6 Å². The number of fused-ring (bicyclic) bond motifs is 1. The second-order valence-corrected chi connectivity index (χ2v) is 12.6. The minimum atomic E-state index is 0.218. The van der Waals surface area contributed by atoms with E-state index in [-0.39, 0.29) is 12.1 Å². The van der Waals surface area contributed by atoms with Crippen molar-refractivity contribution in [2.24, 2.45) is 0 Å². The van der Waals surface area contributed by atoms with Crippen molar-refractivity contribution >= 4 is 5.69 Å². The van der Waals surface area contributed by atoms with Crippen LogP contribution in [-0.4, -0.2) is 33.0 Å². The summed E-state index contributed by atoms with van der Waals surface area (Å²) in [6.07, 6.45) is 9.71. The summed E-state index contributed by atoms with van der Waals surface area (Å²) in [7, 11) is 0. The van der Waals surface area contributed by atoms with E-state index in [9.17, 15) is 0 Å². The standard InChI is InChI=1S/C37H41N7/c1-3-33-35-27(24-13-15-25(16-14-24)31-21-40-36(42-31)29-11-7-19-38-29)17-18-28(32-22-41-37(43-32)30-12-8-20-39-30)34(35)23(2)44(33)26-9-5-4-6-10-26/h4-6,9-10,13-18,21-23,29-30,33,38-39H,3,7-8,11-12,19-20H2,1-2H3,(H,40,42)(H,41,43). The Labute approximate surface area is 259 Å². The monoisotopic (exact) mass is 583 g/mol. The summed E-state index contributed by atoms with van der Waals surface area (Å²) in [6.45, 7) is 6.81. The normalized spacial score (nSPS) is 23.0. The molecule has 44 heavy (non-hydrogen) atoms. The van der Waals surface area contributed by atoms with Crippen LogP contribution in [0.2, 0.25) is 0 Å². The van der Waals surface area contributed by atoms with Crippen molar-refractivity contribution in [3.05, 3.63) is 102 Å². The maximum atomic E-state index is 4.84. The number of para-hydroxylation sites is 1. The van der Waals surface area contributed by atoms with Crippen LogP contribution in [0.1, 0.15) is 92.9 Å². The summed E-state index contributed by atoms with van der Waals surface area (Å²) >= 11 is 0.